The van der Waals surface area contributed by atoms with Gasteiger partial charge in [-0.3, -0.25) is 14.4 Å². The number of nitrogens with one attached hydrogen (secondary N) is 3. The van der Waals surface area contributed by atoms with Crippen LogP contribution in [0.1, 0.15) is 29.3 Å². The fraction of sp³-hybridized carbons (Fsp3) is 0.0857. The molecule has 0 radical (unpaired) electrons. The molecule has 4 aromatic carbocycles. The number of carbonyl (C=O) groups is 3. The number of nitrogens with zero attached hydrogens (tertiary/aromatic N) is 1. The molecule has 3 amide bonds. The van der Waals surface area contributed by atoms with Crippen molar-refractivity contribution in [2.45, 2.75) is 23.5 Å². The molecule has 0 saturated carbocycles. The first kappa shape index (κ1) is 33.0. The Morgan fingerprint density at radius 2 is 1.61 bits per heavy atom. The first-order valence-electron chi connectivity index (χ1n) is 14.2. The molecule has 0 aliphatic carbocycles. The van der Waals surface area contributed by atoms with Gasteiger partial charge in [0.2, 0.25) is 5.91 Å². The maximum absolute atomic E-state index is 13.5. The van der Waals surface area contributed by atoms with Gasteiger partial charge in [0, 0.05) is 27.1 Å². The topological polar surface area (TPSA) is 100 Å². The summed E-state index contributed by atoms with van der Waals surface area (Å²) in [5.74, 6) is -1.19. The summed E-state index contributed by atoms with van der Waals surface area (Å²) in [5.41, 5.74) is 3.08. The molecule has 0 aliphatic rings. The molecular formula is C35H28Cl2N4O3S2. The summed E-state index contributed by atoms with van der Waals surface area (Å²) in [6, 6.07) is 30.5. The molecule has 1 unspecified atom stereocenters. The van der Waals surface area contributed by atoms with Crippen LogP contribution in [0, 0.1) is 0 Å². The SMILES string of the molecule is CCC(Sc1cccc(NC(=O)/C(=C\c2cccc(Cl)c2Cl)NC(=O)c2ccccc2)c1)C(=O)Nc1nc(-c2ccccc2)cs1. The van der Waals surface area contributed by atoms with Gasteiger partial charge < -0.3 is 16.0 Å². The zero-order chi connectivity index (χ0) is 32.5. The average Bonchev–Trinajstić information content (AvgIpc) is 3.54. The zero-order valence-corrected chi connectivity index (χ0v) is 27.6. The van der Waals surface area contributed by atoms with E-state index in [2.05, 4.69) is 20.9 Å². The molecule has 7 nitrogen and oxygen atoms in total. The second kappa shape index (κ2) is 15.7. The summed E-state index contributed by atoms with van der Waals surface area (Å²) >= 11 is 15.3. The molecule has 0 fully saturated rings. The van der Waals surface area contributed by atoms with Crippen LogP contribution in [-0.4, -0.2) is 28.0 Å². The van der Waals surface area contributed by atoms with E-state index in [1.807, 2.05) is 48.7 Å². The van der Waals surface area contributed by atoms with Crippen LogP contribution in [0.3, 0.4) is 0 Å². The van der Waals surface area contributed by atoms with Crippen molar-refractivity contribution in [2.75, 3.05) is 10.6 Å². The van der Waals surface area contributed by atoms with Crippen LogP contribution in [0.25, 0.3) is 17.3 Å². The zero-order valence-electron chi connectivity index (χ0n) is 24.5. The molecule has 0 spiro atoms. The fourth-order valence-corrected chi connectivity index (χ4v) is 6.42. The number of thioether (sulfide) groups is 1. The first-order valence-corrected chi connectivity index (χ1v) is 16.7. The number of halogens is 2. The maximum atomic E-state index is 13.5. The monoisotopic (exact) mass is 686 g/mol. The molecule has 0 bridgehead atoms. The van der Waals surface area contributed by atoms with Crippen molar-refractivity contribution in [3.8, 4) is 11.3 Å². The summed E-state index contributed by atoms with van der Waals surface area (Å²) in [4.78, 5) is 45.1. The summed E-state index contributed by atoms with van der Waals surface area (Å²) in [7, 11) is 0. The van der Waals surface area contributed by atoms with Crippen molar-refractivity contribution in [3.05, 3.63) is 135 Å². The second-order valence-electron chi connectivity index (χ2n) is 9.91. The number of amides is 3. The number of rotatable bonds is 11. The molecule has 1 heterocycles. The van der Waals surface area contributed by atoms with E-state index in [1.54, 1.807) is 66.7 Å². The van der Waals surface area contributed by atoms with Gasteiger partial charge in [-0.15, -0.1) is 23.1 Å². The van der Waals surface area contributed by atoms with Crippen LogP contribution in [0.4, 0.5) is 10.8 Å². The Hall–Kier alpha value is -4.41. The van der Waals surface area contributed by atoms with E-state index in [0.29, 0.717) is 33.4 Å². The lowest BCUT2D eigenvalue weighted by Gasteiger charge is -2.15. The number of aromatic nitrogens is 1. The predicted molar refractivity (Wildman–Crippen MR) is 190 cm³/mol. The minimum Gasteiger partial charge on any atom is -0.321 e. The van der Waals surface area contributed by atoms with Gasteiger partial charge in [-0.1, -0.05) is 96.9 Å². The van der Waals surface area contributed by atoms with Gasteiger partial charge >= 0.3 is 0 Å². The maximum Gasteiger partial charge on any atom is 0.272 e. The van der Waals surface area contributed by atoms with E-state index in [1.165, 1.54) is 29.2 Å². The standard InChI is InChI=1S/C35H28Cl2N4O3S2/c1-2-30(34(44)41-35-40-29(21-45-35)22-11-5-3-6-12-22)46-26-17-10-16-25(20-26)38-33(43)28(19-24-15-9-18-27(36)31(24)37)39-32(42)23-13-7-4-8-14-23/h3-21,30H,2H2,1H3,(H,38,43)(H,39,42)(H,40,41,44)/b28-19+. The van der Waals surface area contributed by atoms with Crippen molar-refractivity contribution < 1.29 is 14.4 Å². The molecule has 1 aromatic heterocycles. The van der Waals surface area contributed by atoms with Gasteiger partial charge in [0.1, 0.15) is 5.70 Å². The summed E-state index contributed by atoms with van der Waals surface area (Å²) < 4.78 is 0. The van der Waals surface area contributed by atoms with E-state index < -0.39 is 17.1 Å². The largest absolute Gasteiger partial charge is 0.321 e. The number of thiazole rings is 1. The quantitative estimate of drug-likeness (QED) is 0.0951. The van der Waals surface area contributed by atoms with Crippen molar-refractivity contribution >= 4 is 80.9 Å². The van der Waals surface area contributed by atoms with Crippen LogP contribution < -0.4 is 16.0 Å². The minimum atomic E-state index is -0.565. The first-order chi connectivity index (χ1) is 22.3. The van der Waals surface area contributed by atoms with Crippen molar-refractivity contribution in [2.24, 2.45) is 0 Å². The Bertz CT molecular complexity index is 1880. The van der Waals surface area contributed by atoms with Crippen LogP contribution in [0.15, 0.2) is 119 Å². The summed E-state index contributed by atoms with van der Waals surface area (Å²) in [6.45, 7) is 1.94. The molecule has 3 N–H and O–H groups in total. The predicted octanol–water partition coefficient (Wildman–Crippen LogP) is 9.04. The van der Waals surface area contributed by atoms with Gasteiger partial charge in [-0.2, -0.15) is 0 Å². The van der Waals surface area contributed by atoms with Gasteiger partial charge in [0.25, 0.3) is 11.8 Å². The lowest BCUT2D eigenvalue weighted by atomic mass is 10.1. The smallest absolute Gasteiger partial charge is 0.272 e. The molecule has 5 aromatic rings. The van der Waals surface area contributed by atoms with Gasteiger partial charge in [-0.25, -0.2) is 4.98 Å². The number of anilines is 2. The van der Waals surface area contributed by atoms with Gasteiger partial charge in [-0.05, 0) is 54.5 Å². The lowest BCUT2D eigenvalue weighted by molar-refractivity contribution is -0.116. The average molecular weight is 688 g/mol. The number of benzene rings is 4. The third-order valence-electron chi connectivity index (χ3n) is 6.65. The summed E-state index contributed by atoms with van der Waals surface area (Å²) in [6.07, 6.45) is 2.05. The number of hydrogen-bond acceptors (Lipinski definition) is 6. The number of hydrogen-bond donors (Lipinski definition) is 3. The van der Waals surface area contributed by atoms with E-state index in [0.717, 1.165) is 16.2 Å². The van der Waals surface area contributed by atoms with Crippen LogP contribution in [0.5, 0.6) is 0 Å². The molecule has 1 atom stereocenters. The fourth-order valence-electron chi connectivity index (χ4n) is 4.32. The Morgan fingerprint density at radius 3 is 2.35 bits per heavy atom. The van der Waals surface area contributed by atoms with E-state index in [4.69, 9.17) is 23.2 Å². The normalized spacial score (nSPS) is 11.8. The molecule has 0 aliphatic heterocycles. The van der Waals surface area contributed by atoms with E-state index in [9.17, 15) is 14.4 Å². The van der Waals surface area contributed by atoms with Crippen LogP contribution >= 0.6 is 46.3 Å². The van der Waals surface area contributed by atoms with Gasteiger partial charge in [0.15, 0.2) is 5.13 Å². The highest BCUT2D eigenvalue weighted by atomic mass is 35.5. The Labute approximate surface area is 285 Å². The Balaban J connectivity index is 1.30. The highest BCUT2D eigenvalue weighted by Crippen LogP contribution is 2.31. The minimum absolute atomic E-state index is 0.0276. The highest BCUT2D eigenvalue weighted by Gasteiger charge is 2.21. The molecule has 11 heteroatoms. The van der Waals surface area contributed by atoms with Crippen molar-refractivity contribution in [1.29, 1.82) is 0 Å². The second-order valence-corrected chi connectivity index (χ2v) is 12.8. The van der Waals surface area contributed by atoms with Crippen LogP contribution in [0.2, 0.25) is 10.0 Å². The summed E-state index contributed by atoms with van der Waals surface area (Å²) in [5, 5.41) is 11.1. The molecule has 0 saturated heterocycles. The Morgan fingerprint density at radius 1 is 0.891 bits per heavy atom. The van der Waals surface area contributed by atoms with Crippen LogP contribution in [-0.2, 0) is 9.59 Å². The molecular weight excluding hydrogens is 659 g/mol. The van der Waals surface area contributed by atoms with Crippen molar-refractivity contribution in [3.63, 3.8) is 0 Å². The lowest BCUT2D eigenvalue weighted by Crippen LogP contribution is -2.30. The highest BCUT2D eigenvalue weighted by molar-refractivity contribution is 8.00. The third kappa shape index (κ3) is 8.64. The van der Waals surface area contributed by atoms with E-state index >= 15 is 0 Å². The van der Waals surface area contributed by atoms with Gasteiger partial charge in [0.05, 0.1) is 21.0 Å². The molecule has 232 valence electrons. The van der Waals surface area contributed by atoms with E-state index in [-0.39, 0.29) is 16.6 Å². The number of carbonyl (C=O) groups excluding carboxylic acids is 3. The third-order valence-corrected chi connectivity index (χ3v) is 9.60. The Kier molecular flexibility index (Phi) is 11.3. The van der Waals surface area contributed by atoms with Crippen molar-refractivity contribution in [1.82, 2.24) is 10.3 Å². The molecule has 46 heavy (non-hydrogen) atoms. The molecule has 5 rings (SSSR count).